The molecule has 39 heavy (non-hydrogen) atoms. The average Bonchev–Trinajstić information content (AvgIpc) is 3.77. The molecule has 0 unspecified atom stereocenters. The first-order chi connectivity index (χ1) is 19.0. The largest absolute Gasteiger partial charge is 0.391 e. The van der Waals surface area contributed by atoms with Crippen LogP contribution in [0, 0.1) is 17.3 Å². The van der Waals surface area contributed by atoms with Gasteiger partial charge in [-0.1, -0.05) is 60.7 Å². The highest BCUT2D eigenvalue weighted by atomic mass is 16.3. The van der Waals surface area contributed by atoms with Crippen molar-refractivity contribution in [3.63, 3.8) is 0 Å². The van der Waals surface area contributed by atoms with Gasteiger partial charge in [-0.3, -0.25) is 14.5 Å². The summed E-state index contributed by atoms with van der Waals surface area (Å²) in [5.74, 6) is 1.55. The number of likely N-dealkylation sites (tertiary alicyclic amines) is 3. The van der Waals surface area contributed by atoms with E-state index in [9.17, 15) is 14.7 Å². The van der Waals surface area contributed by atoms with Gasteiger partial charge in [0.15, 0.2) is 0 Å². The fourth-order valence-electron chi connectivity index (χ4n) is 7.39. The fourth-order valence-corrected chi connectivity index (χ4v) is 7.39. The summed E-state index contributed by atoms with van der Waals surface area (Å²) in [6.45, 7) is 4.16. The molecule has 1 N–H and O–H groups in total. The van der Waals surface area contributed by atoms with Crippen LogP contribution in [-0.4, -0.2) is 77.0 Å². The summed E-state index contributed by atoms with van der Waals surface area (Å²) in [5, 5.41) is 11.5. The summed E-state index contributed by atoms with van der Waals surface area (Å²) >= 11 is 0. The molecule has 4 aliphatic rings. The van der Waals surface area contributed by atoms with E-state index in [0.29, 0.717) is 31.3 Å². The van der Waals surface area contributed by atoms with Crippen LogP contribution in [0.15, 0.2) is 60.7 Å². The first kappa shape index (κ1) is 26.5. The molecule has 1 saturated carbocycles. The predicted octanol–water partition coefficient (Wildman–Crippen LogP) is 4.29. The van der Waals surface area contributed by atoms with Gasteiger partial charge in [-0.2, -0.15) is 0 Å². The van der Waals surface area contributed by atoms with Crippen molar-refractivity contribution >= 4 is 11.8 Å². The Labute approximate surface area is 233 Å². The lowest BCUT2D eigenvalue weighted by Crippen LogP contribution is -2.61. The fraction of sp³-hybridized carbons (Fsp3) is 0.576. The van der Waals surface area contributed by atoms with Crippen molar-refractivity contribution in [2.75, 3.05) is 39.3 Å². The van der Waals surface area contributed by atoms with Crippen LogP contribution in [0.25, 0.3) is 0 Å². The van der Waals surface area contributed by atoms with E-state index >= 15 is 0 Å². The minimum absolute atomic E-state index is 0.186. The Hall–Kier alpha value is -2.70. The normalized spacial score (nSPS) is 28.7. The van der Waals surface area contributed by atoms with Gasteiger partial charge in [-0.15, -0.1) is 0 Å². The number of rotatable bonds is 7. The van der Waals surface area contributed by atoms with Crippen molar-refractivity contribution in [3.05, 3.63) is 71.8 Å². The zero-order chi connectivity index (χ0) is 26.8. The number of piperidine rings is 3. The van der Waals surface area contributed by atoms with E-state index < -0.39 is 11.5 Å². The molecule has 208 valence electrons. The lowest BCUT2D eigenvalue weighted by molar-refractivity contribution is -0.166. The topological polar surface area (TPSA) is 64.1 Å². The second kappa shape index (κ2) is 11.4. The van der Waals surface area contributed by atoms with Crippen LogP contribution in [0.4, 0.5) is 0 Å². The van der Waals surface area contributed by atoms with Crippen molar-refractivity contribution in [2.24, 2.45) is 17.3 Å². The van der Waals surface area contributed by atoms with Gasteiger partial charge in [0.2, 0.25) is 11.8 Å². The van der Waals surface area contributed by atoms with Gasteiger partial charge >= 0.3 is 0 Å². The van der Waals surface area contributed by atoms with Crippen molar-refractivity contribution in [1.29, 1.82) is 0 Å². The quantitative estimate of drug-likeness (QED) is 0.581. The molecular weight excluding hydrogens is 486 g/mol. The maximum Gasteiger partial charge on any atom is 0.236 e. The van der Waals surface area contributed by atoms with Crippen LogP contribution in [0.5, 0.6) is 0 Å². The van der Waals surface area contributed by atoms with E-state index in [2.05, 4.69) is 35.2 Å². The molecule has 2 aromatic rings. The van der Waals surface area contributed by atoms with Crippen LogP contribution in [0.1, 0.15) is 62.1 Å². The zero-order valence-electron chi connectivity index (χ0n) is 23.1. The van der Waals surface area contributed by atoms with Gasteiger partial charge in [0.1, 0.15) is 0 Å². The number of carbonyl (C=O) groups is 2. The summed E-state index contributed by atoms with van der Waals surface area (Å²) in [5.41, 5.74) is 1.80. The minimum Gasteiger partial charge on any atom is -0.391 e. The number of nitrogens with zero attached hydrogens (tertiary/aromatic N) is 3. The molecule has 3 aliphatic heterocycles. The number of hydrogen-bond donors (Lipinski definition) is 1. The Morgan fingerprint density at radius 3 is 2.28 bits per heavy atom. The number of aliphatic hydroxyl groups is 1. The number of carbonyl (C=O) groups excluding carboxylic acids is 2. The van der Waals surface area contributed by atoms with Gasteiger partial charge in [0, 0.05) is 26.2 Å². The SMILES string of the molecule is O=C(CN1CCC[C@@]2(C[C@@H](O)[C@H](c3ccccc3)N(CC3CC3)C2=O)C1)N1CCC(Cc2ccccc2)CC1. The Kier molecular flexibility index (Phi) is 7.77. The number of amides is 2. The standard InChI is InChI=1S/C33H43N3O3/c37-29-21-33(32(39)36(22-27-12-13-27)31(29)28-10-5-2-6-11-28)16-7-17-34(24-33)23-30(38)35-18-14-26(15-19-35)20-25-8-3-1-4-9-25/h1-6,8-11,26-27,29,31,37H,7,12-24H2/t29-,31+,33-/m1/s1. The van der Waals surface area contributed by atoms with Crippen LogP contribution in [0.3, 0.4) is 0 Å². The molecule has 3 saturated heterocycles. The van der Waals surface area contributed by atoms with Gasteiger partial charge in [0.05, 0.1) is 24.1 Å². The Bertz CT molecular complexity index is 1130. The highest BCUT2D eigenvalue weighted by Gasteiger charge is 2.53. The lowest BCUT2D eigenvalue weighted by atomic mass is 9.69. The maximum atomic E-state index is 14.2. The van der Waals surface area contributed by atoms with E-state index in [4.69, 9.17) is 0 Å². The summed E-state index contributed by atoms with van der Waals surface area (Å²) in [6.07, 6.45) is 7.07. The molecule has 1 spiro atoms. The third kappa shape index (κ3) is 5.92. The van der Waals surface area contributed by atoms with Crippen LogP contribution >= 0.6 is 0 Å². The predicted molar refractivity (Wildman–Crippen MR) is 152 cm³/mol. The monoisotopic (exact) mass is 529 g/mol. The molecular formula is C33H43N3O3. The Morgan fingerprint density at radius 1 is 0.897 bits per heavy atom. The number of benzene rings is 2. The van der Waals surface area contributed by atoms with Gasteiger partial charge in [-0.05, 0) is 80.9 Å². The Balaban J connectivity index is 1.09. The van der Waals surface area contributed by atoms with Crippen molar-refractivity contribution in [1.82, 2.24) is 14.7 Å². The van der Waals surface area contributed by atoms with Crippen LogP contribution in [-0.2, 0) is 16.0 Å². The third-order valence-corrected chi connectivity index (χ3v) is 9.66. The number of hydrogen-bond acceptors (Lipinski definition) is 4. The van der Waals surface area contributed by atoms with Crippen molar-refractivity contribution in [2.45, 2.75) is 63.5 Å². The van der Waals surface area contributed by atoms with E-state index in [0.717, 1.165) is 76.7 Å². The maximum absolute atomic E-state index is 14.2. The zero-order valence-corrected chi connectivity index (χ0v) is 23.1. The second-order valence-electron chi connectivity index (χ2n) is 12.6. The molecule has 2 amide bonds. The Morgan fingerprint density at radius 2 is 1.59 bits per heavy atom. The van der Waals surface area contributed by atoms with E-state index in [1.807, 2.05) is 40.1 Å². The summed E-state index contributed by atoms with van der Waals surface area (Å²) in [6, 6.07) is 20.4. The van der Waals surface area contributed by atoms with Crippen molar-refractivity contribution < 1.29 is 14.7 Å². The molecule has 2 aromatic carbocycles. The first-order valence-corrected chi connectivity index (χ1v) is 15.1. The second-order valence-corrected chi connectivity index (χ2v) is 12.6. The van der Waals surface area contributed by atoms with Gasteiger partial charge in [-0.25, -0.2) is 0 Å². The number of aliphatic hydroxyl groups excluding tert-OH is 1. The molecule has 6 nitrogen and oxygen atoms in total. The molecule has 3 heterocycles. The van der Waals surface area contributed by atoms with Crippen LogP contribution in [0.2, 0.25) is 0 Å². The highest BCUT2D eigenvalue weighted by Crippen LogP contribution is 2.47. The molecule has 6 rings (SSSR count). The van der Waals surface area contributed by atoms with Gasteiger partial charge < -0.3 is 14.9 Å². The molecule has 0 bridgehead atoms. The van der Waals surface area contributed by atoms with E-state index in [-0.39, 0.29) is 17.9 Å². The summed E-state index contributed by atoms with van der Waals surface area (Å²) in [4.78, 5) is 33.8. The summed E-state index contributed by atoms with van der Waals surface area (Å²) < 4.78 is 0. The van der Waals surface area contributed by atoms with Gasteiger partial charge in [0.25, 0.3) is 0 Å². The first-order valence-electron chi connectivity index (χ1n) is 15.1. The van der Waals surface area contributed by atoms with Crippen molar-refractivity contribution in [3.8, 4) is 0 Å². The molecule has 6 heteroatoms. The van der Waals surface area contributed by atoms with Crippen LogP contribution < -0.4 is 0 Å². The molecule has 4 fully saturated rings. The minimum atomic E-state index is -0.596. The third-order valence-electron chi connectivity index (χ3n) is 9.66. The lowest BCUT2D eigenvalue weighted by Gasteiger charge is -2.52. The highest BCUT2D eigenvalue weighted by molar-refractivity contribution is 5.85. The molecule has 0 radical (unpaired) electrons. The average molecular weight is 530 g/mol. The molecule has 0 aromatic heterocycles. The summed E-state index contributed by atoms with van der Waals surface area (Å²) in [7, 11) is 0. The smallest absolute Gasteiger partial charge is 0.236 e. The van der Waals surface area contributed by atoms with E-state index in [1.165, 1.54) is 5.56 Å². The molecule has 1 aliphatic carbocycles. The molecule has 3 atom stereocenters. The van der Waals surface area contributed by atoms with E-state index in [1.54, 1.807) is 0 Å².